The smallest absolute Gasteiger partial charge is 0.0590 e. The highest BCUT2D eigenvalue weighted by atomic mass is 16.5. The van der Waals surface area contributed by atoms with E-state index in [0.717, 1.165) is 32.5 Å². The molecule has 1 N–H and O–H groups in total. The summed E-state index contributed by atoms with van der Waals surface area (Å²) in [6.45, 7) is 4.39. The second kappa shape index (κ2) is 6.38. The van der Waals surface area contributed by atoms with Crippen molar-refractivity contribution in [1.82, 2.24) is 0 Å². The summed E-state index contributed by atoms with van der Waals surface area (Å²) in [5.74, 6) is 0.876. The molecule has 1 fully saturated rings. The lowest BCUT2D eigenvalue weighted by molar-refractivity contribution is 0.0129. The Morgan fingerprint density at radius 2 is 2.07 bits per heavy atom. The van der Waals surface area contributed by atoms with E-state index in [1.54, 1.807) is 7.11 Å². The van der Waals surface area contributed by atoms with Gasteiger partial charge in [0.2, 0.25) is 0 Å². The van der Waals surface area contributed by atoms with E-state index < -0.39 is 0 Å². The lowest BCUT2D eigenvalue weighted by Crippen LogP contribution is -2.27. The standard InChI is InChI=1S/C11H22O3/c1-9(8-13-2)11(12)7-10-3-5-14-6-4-10/h9-12H,3-8H2,1-2H3. The zero-order valence-corrected chi connectivity index (χ0v) is 9.24. The first-order chi connectivity index (χ1) is 6.74. The van der Waals surface area contributed by atoms with Crippen LogP contribution in [0.1, 0.15) is 26.2 Å². The summed E-state index contributed by atoms with van der Waals surface area (Å²) in [5.41, 5.74) is 0. The quantitative estimate of drug-likeness (QED) is 0.733. The van der Waals surface area contributed by atoms with Gasteiger partial charge in [-0.1, -0.05) is 6.92 Å². The normalized spacial score (nSPS) is 23.4. The van der Waals surface area contributed by atoms with Gasteiger partial charge in [0, 0.05) is 26.2 Å². The molecule has 0 amide bonds. The summed E-state index contributed by atoms with van der Waals surface area (Å²) in [7, 11) is 1.68. The minimum atomic E-state index is -0.224. The van der Waals surface area contributed by atoms with Crippen LogP contribution in [-0.4, -0.2) is 38.1 Å². The lowest BCUT2D eigenvalue weighted by atomic mass is 9.89. The van der Waals surface area contributed by atoms with E-state index in [1.807, 2.05) is 6.92 Å². The van der Waals surface area contributed by atoms with Gasteiger partial charge >= 0.3 is 0 Å². The molecule has 1 heterocycles. The third-order valence-electron chi connectivity index (χ3n) is 3.00. The predicted molar refractivity (Wildman–Crippen MR) is 55.2 cm³/mol. The van der Waals surface area contributed by atoms with Crippen LogP contribution >= 0.6 is 0 Å². The Balaban J connectivity index is 2.20. The van der Waals surface area contributed by atoms with Crippen molar-refractivity contribution < 1.29 is 14.6 Å². The Labute approximate surface area is 86.4 Å². The molecule has 1 aliphatic rings. The van der Waals surface area contributed by atoms with Crippen molar-refractivity contribution >= 4 is 0 Å². The molecule has 0 saturated carbocycles. The Morgan fingerprint density at radius 3 is 2.64 bits per heavy atom. The van der Waals surface area contributed by atoms with Crippen molar-refractivity contribution in [2.75, 3.05) is 26.9 Å². The van der Waals surface area contributed by atoms with E-state index in [4.69, 9.17) is 9.47 Å². The van der Waals surface area contributed by atoms with Crippen LogP contribution in [0.5, 0.6) is 0 Å². The first-order valence-electron chi connectivity index (χ1n) is 5.48. The molecule has 1 rings (SSSR count). The molecular formula is C11H22O3. The van der Waals surface area contributed by atoms with Crippen LogP contribution in [0.25, 0.3) is 0 Å². The summed E-state index contributed by atoms with van der Waals surface area (Å²) >= 11 is 0. The topological polar surface area (TPSA) is 38.7 Å². The van der Waals surface area contributed by atoms with Gasteiger partial charge in [-0.3, -0.25) is 0 Å². The maximum atomic E-state index is 9.88. The van der Waals surface area contributed by atoms with E-state index in [2.05, 4.69) is 0 Å². The van der Waals surface area contributed by atoms with E-state index in [1.165, 1.54) is 0 Å². The summed E-state index contributed by atoms with van der Waals surface area (Å²) in [6, 6.07) is 0. The molecule has 0 bridgehead atoms. The molecule has 84 valence electrons. The van der Waals surface area contributed by atoms with Crippen LogP contribution in [0.3, 0.4) is 0 Å². The van der Waals surface area contributed by atoms with Crippen LogP contribution in [0, 0.1) is 11.8 Å². The molecule has 0 spiro atoms. The van der Waals surface area contributed by atoms with E-state index in [9.17, 15) is 5.11 Å². The van der Waals surface area contributed by atoms with Crippen molar-refractivity contribution in [3.63, 3.8) is 0 Å². The summed E-state index contributed by atoms with van der Waals surface area (Å²) in [6.07, 6.45) is 2.86. The van der Waals surface area contributed by atoms with Gasteiger partial charge in [0.25, 0.3) is 0 Å². The first-order valence-corrected chi connectivity index (χ1v) is 5.48. The molecular weight excluding hydrogens is 180 g/mol. The van der Waals surface area contributed by atoms with Crippen LogP contribution in [0.15, 0.2) is 0 Å². The van der Waals surface area contributed by atoms with Crippen molar-refractivity contribution in [1.29, 1.82) is 0 Å². The van der Waals surface area contributed by atoms with E-state index >= 15 is 0 Å². The SMILES string of the molecule is COCC(C)C(O)CC1CCOCC1. The average Bonchev–Trinajstić information content (AvgIpc) is 2.19. The highest BCUT2D eigenvalue weighted by molar-refractivity contribution is 4.71. The van der Waals surface area contributed by atoms with Crippen molar-refractivity contribution in [2.24, 2.45) is 11.8 Å². The second-order valence-corrected chi connectivity index (χ2v) is 4.29. The minimum absolute atomic E-state index is 0.224. The molecule has 2 atom stereocenters. The fraction of sp³-hybridized carbons (Fsp3) is 1.00. The molecule has 1 saturated heterocycles. The third-order valence-corrected chi connectivity index (χ3v) is 3.00. The Morgan fingerprint density at radius 1 is 1.43 bits per heavy atom. The Hall–Kier alpha value is -0.120. The molecule has 1 aliphatic heterocycles. The average molecular weight is 202 g/mol. The first kappa shape index (κ1) is 12.0. The van der Waals surface area contributed by atoms with Crippen LogP contribution in [0.4, 0.5) is 0 Å². The highest BCUT2D eigenvalue weighted by Crippen LogP contribution is 2.22. The van der Waals surface area contributed by atoms with Gasteiger partial charge in [-0.15, -0.1) is 0 Å². The van der Waals surface area contributed by atoms with Crippen LogP contribution in [0.2, 0.25) is 0 Å². The van der Waals surface area contributed by atoms with Gasteiger partial charge in [-0.2, -0.15) is 0 Å². The van der Waals surface area contributed by atoms with Gasteiger partial charge in [0.05, 0.1) is 12.7 Å². The fourth-order valence-corrected chi connectivity index (χ4v) is 1.93. The Kier molecular flexibility index (Phi) is 5.45. The zero-order chi connectivity index (χ0) is 10.4. The molecule has 0 aromatic heterocycles. The largest absolute Gasteiger partial charge is 0.393 e. The molecule has 0 aromatic rings. The van der Waals surface area contributed by atoms with Gasteiger partial charge in [0.1, 0.15) is 0 Å². The highest BCUT2D eigenvalue weighted by Gasteiger charge is 2.21. The van der Waals surface area contributed by atoms with Crippen molar-refractivity contribution in [3.05, 3.63) is 0 Å². The maximum Gasteiger partial charge on any atom is 0.0590 e. The van der Waals surface area contributed by atoms with Crippen molar-refractivity contribution in [3.8, 4) is 0 Å². The molecule has 3 nitrogen and oxygen atoms in total. The zero-order valence-electron chi connectivity index (χ0n) is 9.24. The number of aliphatic hydroxyl groups is 1. The Bertz CT molecular complexity index is 143. The number of hydrogen-bond donors (Lipinski definition) is 1. The van der Waals surface area contributed by atoms with Gasteiger partial charge < -0.3 is 14.6 Å². The molecule has 0 radical (unpaired) electrons. The van der Waals surface area contributed by atoms with Crippen molar-refractivity contribution in [2.45, 2.75) is 32.3 Å². The monoisotopic (exact) mass is 202 g/mol. The summed E-state index contributed by atoms with van der Waals surface area (Å²) < 4.78 is 10.3. The molecule has 3 heteroatoms. The number of rotatable bonds is 5. The summed E-state index contributed by atoms with van der Waals surface area (Å²) in [4.78, 5) is 0. The molecule has 0 aliphatic carbocycles. The number of hydrogen-bond acceptors (Lipinski definition) is 3. The number of ether oxygens (including phenoxy) is 2. The fourth-order valence-electron chi connectivity index (χ4n) is 1.93. The number of methoxy groups -OCH3 is 1. The van der Waals surface area contributed by atoms with Crippen LogP contribution < -0.4 is 0 Å². The lowest BCUT2D eigenvalue weighted by Gasteiger charge is -2.26. The van der Waals surface area contributed by atoms with Crippen LogP contribution in [-0.2, 0) is 9.47 Å². The molecule has 14 heavy (non-hydrogen) atoms. The number of aliphatic hydroxyl groups excluding tert-OH is 1. The third kappa shape index (κ3) is 3.95. The second-order valence-electron chi connectivity index (χ2n) is 4.29. The van der Waals surface area contributed by atoms with E-state index in [0.29, 0.717) is 12.5 Å². The van der Waals surface area contributed by atoms with Gasteiger partial charge in [0.15, 0.2) is 0 Å². The van der Waals surface area contributed by atoms with E-state index in [-0.39, 0.29) is 12.0 Å². The maximum absolute atomic E-state index is 9.88. The molecule has 0 aromatic carbocycles. The minimum Gasteiger partial charge on any atom is -0.393 e. The predicted octanol–water partition coefficient (Wildman–Crippen LogP) is 1.45. The summed E-state index contributed by atoms with van der Waals surface area (Å²) in [5, 5.41) is 9.88. The van der Waals surface area contributed by atoms with Gasteiger partial charge in [-0.05, 0) is 25.2 Å². The van der Waals surface area contributed by atoms with Gasteiger partial charge in [-0.25, -0.2) is 0 Å². The molecule has 2 unspecified atom stereocenters.